The molecule has 14 heavy (non-hydrogen) atoms. The predicted molar refractivity (Wildman–Crippen MR) is 65.2 cm³/mol. The average molecular weight is 224 g/mol. The van der Waals surface area contributed by atoms with E-state index in [1.54, 1.807) is 0 Å². The first kappa shape index (κ1) is 16.6. The lowest BCUT2D eigenvalue weighted by Gasteiger charge is -2.26. The minimum absolute atomic E-state index is 0. The molecule has 3 heteroatoms. The summed E-state index contributed by atoms with van der Waals surface area (Å²) in [4.78, 5) is 2.12. The second-order valence-corrected chi connectivity index (χ2v) is 4.12. The van der Waals surface area contributed by atoms with Crippen LogP contribution in [0.3, 0.4) is 0 Å². The Labute approximate surface area is 95.1 Å². The molecule has 2 unspecified atom stereocenters. The van der Waals surface area contributed by atoms with Crippen LogP contribution in [0.15, 0.2) is 0 Å². The third-order valence-corrected chi connectivity index (χ3v) is 2.57. The van der Waals surface area contributed by atoms with Crippen molar-refractivity contribution in [1.29, 1.82) is 0 Å². The van der Waals surface area contributed by atoms with Crippen molar-refractivity contribution in [3.05, 3.63) is 0 Å². The van der Waals surface area contributed by atoms with Crippen LogP contribution < -0.4 is 0 Å². The van der Waals surface area contributed by atoms with Crippen molar-refractivity contribution < 1.29 is 5.11 Å². The summed E-state index contributed by atoms with van der Waals surface area (Å²) in [6, 6.07) is 0.330. The number of unbranched alkanes of at least 4 members (excludes halogenated alkanes) is 3. The average Bonchev–Trinajstić information content (AvgIpc) is 2.02. The number of likely N-dealkylation sites (N-methyl/N-ethyl adjacent to an activating group) is 1. The van der Waals surface area contributed by atoms with E-state index in [1.807, 2.05) is 21.0 Å². The number of hydrogen-bond donors (Lipinski definition) is 1. The first-order valence-corrected chi connectivity index (χ1v) is 5.44. The van der Waals surface area contributed by atoms with E-state index in [2.05, 4.69) is 11.8 Å². The van der Waals surface area contributed by atoms with E-state index < -0.39 is 0 Å². The van der Waals surface area contributed by atoms with E-state index in [0.717, 1.165) is 6.42 Å². The van der Waals surface area contributed by atoms with Gasteiger partial charge in [-0.1, -0.05) is 32.6 Å². The van der Waals surface area contributed by atoms with Crippen molar-refractivity contribution in [3.63, 3.8) is 0 Å². The number of nitrogens with zero attached hydrogens (tertiary/aromatic N) is 1. The zero-order valence-electron chi connectivity index (χ0n) is 9.99. The largest absolute Gasteiger partial charge is 0.392 e. The Hall–Kier alpha value is 0.210. The highest BCUT2D eigenvalue weighted by Crippen LogP contribution is 2.11. The lowest BCUT2D eigenvalue weighted by molar-refractivity contribution is 0.0835. The zero-order chi connectivity index (χ0) is 10.3. The molecule has 0 aliphatic heterocycles. The van der Waals surface area contributed by atoms with Crippen LogP contribution in [0.2, 0.25) is 0 Å². The lowest BCUT2D eigenvalue weighted by Crippen LogP contribution is -2.37. The van der Waals surface area contributed by atoms with Crippen LogP contribution >= 0.6 is 12.4 Å². The molecule has 0 saturated carbocycles. The van der Waals surface area contributed by atoms with E-state index in [4.69, 9.17) is 0 Å². The lowest BCUT2D eigenvalue weighted by atomic mass is 10.0. The minimum Gasteiger partial charge on any atom is -0.392 e. The van der Waals surface area contributed by atoms with Crippen molar-refractivity contribution >= 4 is 12.4 Å². The monoisotopic (exact) mass is 223 g/mol. The molecule has 0 aromatic carbocycles. The molecule has 0 bridgehead atoms. The molecule has 0 heterocycles. The quantitative estimate of drug-likeness (QED) is 0.671. The van der Waals surface area contributed by atoms with Crippen molar-refractivity contribution in [1.82, 2.24) is 4.90 Å². The first-order valence-electron chi connectivity index (χ1n) is 5.44. The first-order chi connectivity index (χ1) is 6.09. The molecule has 0 saturated heterocycles. The van der Waals surface area contributed by atoms with Gasteiger partial charge < -0.3 is 10.0 Å². The Balaban J connectivity index is 0. The molecule has 2 atom stereocenters. The maximum atomic E-state index is 9.50. The van der Waals surface area contributed by atoms with Crippen molar-refractivity contribution in [3.8, 4) is 0 Å². The van der Waals surface area contributed by atoms with Gasteiger partial charge in [0.25, 0.3) is 0 Å². The molecule has 0 aromatic heterocycles. The number of rotatable bonds is 7. The SMILES string of the molecule is CCCCCCC(C(C)O)N(C)C.Cl. The van der Waals surface area contributed by atoms with Crippen LogP contribution in [0.25, 0.3) is 0 Å². The van der Waals surface area contributed by atoms with Gasteiger partial charge in [-0.05, 0) is 27.4 Å². The highest BCUT2D eigenvalue weighted by molar-refractivity contribution is 5.85. The molecule has 0 aliphatic rings. The molecule has 0 amide bonds. The molecule has 0 aromatic rings. The molecule has 0 radical (unpaired) electrons. The van der Waals surface area contributed by atoms with Crippen LogP contribution in [0.4, 0.5) is 0 Å². The van der Waals surface area contributed by atoms with E-state index in [-0.39, 0.29) is 18.5 Å². The third kappa shape index (κ3) is 7.60. The molecular formula is C11H26ClNO. The third-order valence-electron chi connectivity index (χ3n) is 2.57. The second kappa shape index (κ2) is 9.75. The van der Waals surface area contributed by atoms with E-state index in [1.165, 1.54) is 25.7 Å². The Morgan fingerprint density at radius 2 is 1.71 bits per heavy atom. The van der Waals surface area contributed by atoms with Crippen LogP contribution in [-0.2, 0) is 0 Å². The van der Waals surface area contributed by atoms with Gasteiger partial charge in [0, 0.05) is 6.04 Å². The van der Waals surface area contributed by atoms with Gasteiger partial charge >= 0.3 is 0 Å². The number of halogens is 1. The summed E-state index contributed by atoms with van der Waals surface area (Å²) >= 11 is 0. The van der Waals surface area contributed by atoms with Gasteiger partial charge in [0.2, 0.25) is 0 Å². The van der Waals surface area contributed by atoms with Crippen molar-refractivity contribution in [2.75, 3.05) is 14.1 Å². The molecule has 0 spiro atoms. The zero-order valence-corrected chi connectivity index (χ0v) is 10.8. The Morgan fingerprint density at radius 1 is 1.14 bits per heavy atom. The van der Waals surface area contributed by atoms with Gasteiger partial charge in [-0.15, -0.1) is 12.4 Å². The van der Waals surface area contributed by atoms with Crippen LogP contribution in [-0.4, -0.2) is 36.2 Å². The summed E-state index contributed by atoms with van der Waals surface area (Å²) in [5.41, 5.74) is 0. The van der Waals surface area contributed by atoms with E-state index >= 15 is 0 Å². The highest BCUT2D eigenvalue weighted by atomic mass is 35.5. The molecule has 0 rings (SSSR count). The smallest absolute Gasteiger partial charge is 0.0667 e. The maximum Gasteiger partial charge on any atom is 0.0667 e. The van der Waals surface area contributed by atoms with E-state index in [9.17, 15) is 5.11 Å². The Bertz CT molecular complexity index is 110. The summed E-state index contributed by atoms with van der Waals surface area (Å²) in [6.45, 7) is 4.10. The van der Waals surface area contributed by atoms with Gasteiger partial charge in [-0.3, -0.25) is 0 Å². The molecule has 1 N–H and O–H groups in total. The van der Waals surface area contributed by atoms with Crippen LogP contribution in [0.1, 0.15) is 46.0 Å². The molecule has 88 valence electrons. The minimum atomic E-state index is -0.211. The fraction of sp³-hybridized carbons (Fsp3) is 1.00. The van der Waals surface area contributed by atoms with Gasteiger partial charge in [0.05, 0.1) is 6.10 Å². The summed E-state index contributed by atoms with van der Waals surface area (Å²) in [5, 5.41) is 9.50. The normalized spacial score (nSPS) is 15.0. The van der Waals surface area contributed by atoms with Crippen molar-refractivity contribution in [2.24, 2.45) is 0 Å². The second-order valence-electron chi connectivity index (χ2n) is 4.12. The molecule has 2 nitrogen and oxygen atoms in total. The van der Waals surface area contributed by atoms with Crippen LogP contribution in [0, 0.1) is 0 Å². The summed E-state index contributed by atoms with van der Waals surface area (Å²) < 4.78 is 0. The maximum absolute atomic E-state index is 9.50. The van der Waals surface area contributed by atoms with Gasteiger partial charge in [0.1, 0.15) is 0 Å². The fourth-order valence-corrected chi connectivity index (χ4v) is 1.71. The number of hydrogen-bond acceptors (Lipinski definition) is 2. The van der Waals surface area contributed by atoms with E-state index in [0.29, 0.717) is 6.04 Å². The van der Waals surface area contributed by atoms with Gasteiger partial charge in [-0.25, -0.2) is 0 Å². The molecule has 0 fully saturated rings. The standard InChI is InChI=1S/C11H25NO.ClH/c1-5-6-7-8-9-11(10(2)13)12(3)4;/h10-11,13H,5-9H2,1-4H3;1H. The predicted octanol–water partition coefficient (Wildman–Crippen LogP) is 2.69. The summed E-state index contributed by atoms with van der Waals surface area (Å²) in [6.07, 6.45) is 6.04. The summed E-state index contributed by atoms with van der Waals surface area (Å²) in [5.74, 6) is 0. The molecule has 0 aliphatic carbocycles. The van der Waals surface area contributed by atoms with Crippen LogP contribution in [0.5, 0.6) is 0 Å². The van der Waals surface area contributed by atoms with Gasteiger partial charge in [-0.2, -0.15) is 0 Å². The summed E-state index contributed by atoms with van der Waals surface area (Å²) in [7, 11) is 4.08. The molecular weight excluding hydrogens is 198 g/mol. The number of aliphatic hydroxyl groups excluding tert-OH is 1. The fourth-order valence-electron chi connectivity index (χ4n) is 1.71. The van der Waals surface area contributed by atoms with Gasteiger partial charge in [0.15, 0.2) is 0 Å². The Kier molecular flexibility index (Phi) is 11.6. The van der Waals surface area contributed by atoms with Crippen molar-refractivity contribution in [2.45, 2.75) is 58.1 Å². The number of aliphatic hydroxyl groups is 1. The topological polar surface area (TPSA) is 23.5 Å². The Morgan fingerprint density at radius 3 is 2.07 bits per heavy atom. The highest BCUT2D eigenvalue weighted by Gasteiger charge is 2.15.